The van der Waals surface area contributed by atoms with E-state index >= 15 is 0 Å². The van der Waals surface area contributed by atoms with Crippen LogP contribution in [0.1, 0.15) is 29.3 Å². The van der Waals surface area contributed by atoms with E-state index in [1.54, 1.807) is 6.92 Å². The predicted octanol–water partition coefficient (Wildman–Crippen LogP) is 4.75. The Morgan fingerprint density at radius 3 is 2.44 bits per heavy atom. The first-order chi connectivity index (χ1) is 11.5. The molecule has 9 heteroatoms. The Morgan fingerprint density at radius 1 is 1.16 bits per heavy atom. The van der Waals surface area contributed by atoms with E-state index in [4.69, 9.17) is 11.6 Å². The maximum absolute atomic E-state index is 13.1. The molecular weight excluding hydrogens is 379 g/mol. The van der Waals surface area contributed by atoms with E-state index in [-0.39, 0.29) is 27.7 Å². The SMILES string of the molecule is CCC(=O)c1cccc(S(=O)(=O)Nc2ccc(Cl)cc2C(F)(F)F)c1. The normalized spacial score (nSPS) is 12.0. The Morgan fingerprint density at radius 2 is 1.84 bits per heavy atom. The molecule has 0 fully saturated rings. The number of alkyl halides is 3. The molecular formula is C16H13ClF3NO3S. The summed E-state index contributed by atoms with van der Waals surface area (Å²) in [7, 11) is -4.32. The molecule has 4 nitrogen and oxygen atoms in total. The predicted molar refractivity (Wildman–Crippen MR) is 88.3 cm³/mol. The van der Waals surface area contributed by atoms with Gasteiger partial charge in [-0.3, -0.25) is 9.52 Å². The third-order valence-corrected chi connectivity index (χ3v) is 4.92. The van der Waals surface area contributed by atoms with Crippen molar-refractivity contribution in [1.29, 1.82) is 0 Å². The number of hydrogen-bond donors (Lipinski definition) is 1. The van der Waals surface area contributed by atoms with E-state index < -0.39 is 27.5 Å². The van der Waals surface area contributed by atoms with Crippen LogP contribution in [0, 0.1) is 0 Å². The zero-order valence-corrected chi connectivity index (χ0v) is 14.5. The summed E-state index contributed by atoms with van der Waals surface area (Å²) >= 11 is 5.57. The molecule has 0 aliphatic heterocycles. The number of hydrogen-bond acceptors (Lipinski definition) is 3. The molecule has 0 saturated carbocycles. The maximum Gasteiger partial charge on any atom is 0.418 e. The monoisotopic (exact) mass is 391 g/mol. The van der Waals surface area contributed by atoms with E-state index in [0.29, 0.717) is 6.07 Å². The molecule has 0 saturated heterocycles. The Hall–Kier alpha value is -2.06. The summed E-state index contributed by atoms with van der Waals surface area (Å²) in [6, 6.07) is 7.82. The van der Waals surface area contributed by atoms with Crippen LogP contribution in [0.15, 0.2) is 47.4 Å². The Balaban J connectivity index is 2.45. The Bertz CT molecular complexity index is 911. The number of carbonyl (C=O) groups excluding carboxylic acids is 1. The molecule has 0 aliphatic rings. The molecule has 25 heavy (non-hydrogen) atoms. The van der Waals surface area contributed by atoms with Gasteiger partial charge in [-0.25, -0.2) is 8.42 Å². The molecule has 0 unspecified atom stereocenters. The highest BCUT2D eigenvalue weighted by atomic mass is 35.5. The van der Waals surface area contributed by atoms with Gasteiger partial charge in [0, 0.05) is 17.0 Å². The third-order valence-electron chi connectivity index (χ3n) is 3.32. The van der Waals surface area contributed by atoms with Gasteiger partial charge in [0.1, 0.15) is 0 Å². The van der Waals surface area contributed by atoms with Gasteiger partial charge >= 0.3 is 6.18 Å². The van der Waals surface area contributed by atoms with Crippen molar-refractivity contribution < 1.29 is 26.4 Å². The highest BCUT2D eigenvalue weighted by molar-refractivity contribution is 7.92. The topological polar surface area (TPSA) is 63.2 Å². The molecule has 0 bridgehead atoms. The van der Waals surface area contributed by atoms with Crippen molar-refractivity contribution in [2.24, 2.45) is 0 Å². The second-order valence-electron chi connectivity index (χ2n) is 5.10. The molecule has 0 spiro atoms. The van der Waals surface area contributed by atoms with Gasteiger partial charge in [-0.15, -0.1) is 0 Å². The van der Waals surface area contributed by atoms with Crippen molar-refractivity contribution in [1.82, 2.24) is 0 Å². The Kier molecular flexibility index (Phi) is 5.43. The van der Waals surface area contributed by atoms with Gasteiger partial charge in [0.25, 0.3) is 10.0 Å². The van der Waals surface area contributed by atoms with Crippen LogP contribution in [0.3, 0.4) is 0 Å². The molecule has 134 valence electrons. The first-order valence-electron chi connectivity index (χ1n) is 7.07. The average Bonchev–Trinajstić information content (AvgIpc) is 2.54. The number of halogens is 4. The number of carbonyl (C=O) groups is 1. The molecule has 0 atom stereocenters. The molecule has 2 rings (SSSR count). The second-order valence-corrected chi connectivity index (χ2v) is 7.22. The van der Waals surface area contributed by atoms with Crippen LogP contribution in [-0.2, 0) is 16.2 Å². The van der Waals surface area contributed by atoms with Gasteiger partial charge < -0.3 is 0 Å². The second kappa shape index (κ2) is 7.05. The number of benzene rings is 2. The summed E-state index contributed by atoms with van der Waals surface area (Å²) in [6.07, 6.45) is -4.62. The van der Waals surface area contributed by atoms with Crippen LogP contribution in [0.4, 0.5) is 18.9 Å². The van der Waals surface area contributed by atoms with Crippen LogP contribution in [0.25, 0.3) is 0 Å². The minimum Gasteiger partial charge on any atom is -0.294 e. The Labute approximate surface area is 147 Å². The number of anilines is 1. The summed E-state index contributed by atoms with van der Waals surface area (Å²) in [5.41, 5.74) is -1.69. The van der Waals surface area contributed by atoms with Crippen molar-refractivity contribution >= 4 is 33.1 Å². The number of nitrogens with one attached hydrogen (secondary N) is 1. The fourth-order valence-corrected chi connectivity index (χ4v) is 3.38. The summed E-state index contributed by atoms with van der Waals surface area (Å²) in [6.45, 7) is 1.62. The first kappa shape index (κ1) is 19.3. The van der Waals surface area contributed by atoms with E-state index in [0.717, 1.165) is 18.2 Å². The lowest BCUT2D eigenvalue weighted by Gasteiger charge is -2.15. The minimum absolute atomic E-state index is 0.164. The fourth-order valence-electron chi connectivity index (χ4n) is 2.08. The molecule has 0 aliphatic carbocycles. The quantitative estimate of drug-likeness (QED) is 0.748. The zero-order chi connectivity index (χ0) is 18.8. The highest BCUT2D eigenvalue weighted by Crippen LogP contribution is 2.37. The summed E-state index contributed by atoms with van der Waals surface area (Å²) in [4.78, 5) is 11.4. The van der Waals surface area contributed by atoms with E-state index in [9.17, 15) is 26.4 Å². The van der Waals surface area contributed by atoms with Crippen LogP contribution in [-0.4, -0.2) is 14.2 Å². The van der Waals surface area contributed by atoms with E-state index in [1.807, 2.05) is 4.72 Å². The van der Waals surface area contributed by atoms with Gasteiger partial charge in [-0.1, -0.05) is 30.7 Å². The van der Waals surface area contributed by atoms with Crippen LogP contribution >= 0.6 is 11.6 Å². The standard InChI is InChI=1S/C16H13ClF3NO3S/c1-2-15(22)10-4-3-5-12(8-10)25(23,24)21-14-7-6-11(17)9-13(14)16(18,19)20/h3-9,21H,2H2,1H3. The van der Waals surface area contributed by atoms with Gasteiger partial charge in [0.2, 0.25) is 0 Å². The minimum atomic E-state index is -4.79. The van der Waals surface area contributed by atoms with Gasteiger partial charge in [0.15, 0.2) is 5.78 Å². The summed E-state index contributed by atoms with van der Waals surface area (Å²) in [5, 5.41) is -0.175. The first-order valence-corrected chi connectivity index (χ1v) is 8.93. The van der Waals surface area contributed by atoms with E-state index in [2.05, 4.69) is 0 Å². The van der Waals surface area contributed by atoms with Crippen LogP contribution in [0.2, 0.25) is 5.02 Å². The molecule has 0 amide bonds. The summed E-state index contributed by atoms with van der Waals surface area (Å²) in [5.74, 6) is -0.278. The van der Waals surface area contributed by atoms with Crippen LogP contribution in [0.5, 0.6) is 0 Å². The molecule has 2 aromatic rings. The average molecular weight is 392 g/mol. The van der Waals surface area contributed by atoms with Crippen molar-refractivity contribution in [3.8, 4) is 0 Å². The highest BCUT2D eigenvalue weighted by Gasteiger charge is 2.35. The van der Waals surface area contributed by atoms with Crippen LogP contribution < -0.4 is 4.72 Å². The molecule has 2 aromatic carbocycles. The lowest BCUT2D eigenvalue weighted by molar-refractivity contribution is -0.136. The third kappa shape index (κ3) is 4.52. The number of rotatable bonds is 5. The van der Waals surface area contributed by atoms with E-state index in [1.165, 1.54) is 18.2 Å². The number of sulfonamides is 1. The van der Waals surface area contributed by atoms with Gasteiger partial charge in [-0.2, -0.15) is 13.2 Å². The largest absolute Gasteiger partial charge is 0.418 e. The summed E-state index contributed by atoms with van der Waals surface area (Å²) < 4.78 is 66.0. The lowest BCUT2D eigenvalue weighted by atomic mass is 10.1. The van der Waals surface area contributed by atoms with Crippen molar-refractivity contribution in [2.45, 2.75) is 24.4 Å². The maximum atomic E-state index is 13.1. The molecule has 1 N–H and O–H groups in total. The van der Waals surface area contributed by atoms with Crippen molar-refractivity contribution in [3.05, 3.63) is 58.6 Å². The molecule has 0 aromatic heterocycles. The van der Waals surface area contributed by atoms with Crippen molar-refractivity contribution in [3.63, 3.8) is 0 Å². The number of ketones is 1. The van der Waals surface area contributed by atoms with Gasteiger partial charge in [-0.05, 0) is 30.3 Å². The zero-order valence-electron chi connectivity index (χ0n) is 12.9. The number of Topliss-reactive ketones (excluding diaryl/α,β-unsaturated/α-hetero) is 1. The fraction of sp³-hybridized carbons (Fsp3) is 0.188. The molecule has 0 radical (unpaired) electrons. The molecule has 0 heterocycles. The smallest absolute Gasteiger partial charge is 0.294 e. The van der Waals surface area contributed by atoms with Gasteiger partial charge in [0.05, 0.1) is 16.1 Å². The lowest BCUT2D eigenvalue weighted by Crippen LogP contribution is -2.17. The van der Waals surface area contributed by atoms with Crippen molar-refractivity contribution in [2.75, 3.05) is 4.72 Å².